The Kier molecular flexibility index (Phi) is 5.59. The van der Waals surface area contributed by atoms with Gasteiger partial charge < -0.3 is 20.4 Å². The minimum absolute atomic E-state index is 0.200. The monoisotopic (exact) mass is 386 g/mol. The Morgan fingerprint density at radius 3 is 3.19 bits per heavy atom. The van der Waals surface area contributed by atoms with E-state index in [1.807, 2.05) is 35.0 Å². The Bertz CT molecular complexity index is 865. The third-order valence-electron chi connectivity index (χ3n) is 4.26. The Hall–Kier alpha value is -2.52. The molecule has 0 bridgehead atoms. The summed E-state index contributed by atoms with van der Waals surface area (Å²) < 4.78 is 7.66. The molecule has 0 spiro atoms. The summed E-state index contributed by atoms with van der Waals surface area (Å²) in [6.45, 7) is 3.71. The van der Waals surface area contributed by atoms with Crippen molar-refractivity contribution in [3.8, 4) is 0 Å². The van der Waals surface area contributed by atoms with E-state index < -0.39 is 0 Å². The summed E-state index contributed by atoms with van der Waals surface area (Å²) in [4.78, 5) is 16.3. The molecule has 0 aliphatic carbocycles. The van der Waals surface area contributed by atoms with E-state index >= 15 is 0 Å². The molecule has 3 heterocycles. The van der Waals surface area contributed by atoms with Crippen molar-refractivity contribution in [1.82, 2.24) is 30.7 Å². The van der Waals surface area contributed by atoms with E-state index in [9.17, 15) is 4.79 Å². The number of amides is 2. The summed E-state index contributed by atoms with van der Waals surface area (Å²) in [5.41, 5.74) is 3.67. The van der Waals surface area contributed by atoms with E-state index in [0.717, 1.165) is 42.8 Å². The van der Waals surface area contributed by atoms with Gasteiger partial charge in [-0.15, -0.1) is 0 Å². The van der Waals surface area contributed by atoms with E-state index in [-0.39, 0.29) is 6.03 Å². The molecule has 4 rings (SSSR count). The second-order valence-electron chi connectivity index (χ2n) is 6.29. The minimum Gasteiger partial charge on any atom is -0.431 e. The number of carbonyl (C=O) groups excluding carboxylic acids is 1. The van der Waals surface area contributed by atoms with Crippen molar-refractivity contribution >= 4 is 28.9 Å². The number of thioether (sulfide) groups is 1. The summed E-state index contributed by atoms with van der Waals surface area (Å²) in [5.74, 6) is 0.685. The van der Waals surface area contributed by atoms with E-state index in [4.69, 9.17) is 4.42 Å². The molecule has 8 nitrogen and oxygen atoms in total. The molecule has 0 radical (unpaired) electrons. The Morgan fingerprint density at radius 1 is 1.33 bits per heavy atom. The van der Waals surface area contributed by atoms with Gasteiger partial charge in [0.2, 0.25) is 0 Å². The number of carbonyl (C=O) groups is 1. The van der Waals surface area contributed by atoms with Crippen LogP contribution in [0.15, 0.2) is 40.0 Å². The van der Waals surface area contributed by atoms with Crippen molar-refractivity contribution < 1.29 is 9.21 Å². The van der Waals surface area contributed by atoms with Crippen LogP contribution in [0.1, 0.15) is 17.8 Å². The molecule has 2 aromatic heterocycles. The highest BCUT2D eigenvalue weighted by molar-refractivity contribution is 7.99. The number of nitrogens with zero attached hydrogens (tertiary/aromatic N) is 3. The molecule has 1 aromatic carbocycles. The molecule has 142 valence electrons. The van der Waals surface area contributed by atoms with Crippen LogP contribution in [0.25, 0.3) is 11.1 Å². The second-order valence-corrected chi connectivity index (χ2v) is 7.33. The molecule has 0 fully saturated rings. The maximum absolute atomic E-state index is 11.9. The number of rotatable bonds is 6. The second kappa shape index (κ2) is 8.45. The molecule has 0 unspecified atom stereocenters. The number of oxazole rings is 1. The first-order chi connectivity index (χ1) is 13.3. The smallest absolute Gasteiger partial charge is 0.315 e. The van der Waals surface area contributed by atoms with Crippen molar-refractivity contribution in [2.24, 2.45) is 0 Å². The average molecular weight is 386 g/mol. The predicted molar refractivity (Wildman–Crippen MR) is 104 cm³/mol. The quantitative estimate of drug-likeness (QED) is 0.443. The van der Waals surface area contributed by atoms with E-state index in [2.05, 4.69) is 26.0 Å². The number of urea groups is 1. The van der Waals surface area contributed by atoms with Gasteiger partial charge in [-0.3, -0.25) is 4.68 Å². The summed E-state index contributed by atoms with van der Waals surface area (Å²) in [5, 5.41) is 14.2. The highest BCUT2D eigenvalue weighted by Gasteiger charge is 2.11. The van der Waals surface area contributed by atoms with Gasteiger partial charge in [0.15, 0.2) is 5.58 Å². The van der Waals surface area contributed by atoms with Crippen LogP contribution in [-0.2, 0) is 19.6 Å². The number of hydrogen-bond acceptors (Lipinski definition) is 6. The maximum Gasteiger partial charge on any atom is 0.315 e. The summed E-state index contributed by atoms with van der Waals surface area (Å²) >= 11 is 1.48. The van der Waals surface area contributed by atoms with Gasteiger partial charge in [0.1, 0.15) is 5.52 Å². The predicted octanol–water partition coefficient (Wildman–Crippen LogP) is 2.11. The van der Waals surface area contributed by atoms with Gasteiger partial charge in [-0.05, 0) is 31.2 Å². The number of benzene rings is 1. The van der Waals surface area contributed by atoms with Gasteiger partial charge in [0.25, 0.3) is 5.22 Å². The highest BCUT2D eigenvalue weighted by Crippen LogP contribution is 2.22. The van der Waals surface area contributed by atoms with Crippen LogP contribution in [0.2, 0.25) is 0 Å². The Labute approximate surface area is 161 Å². The topological polar surface area (TPSA) is 97.0 Å². The van der Waals surface area contributed by atoms with Crippen molar-refractivity contribution in [3.63, 3.8) is 0 Å². The van der Waals surface area contributed by atoms with Crippen molar-refractivity contribution in [1.29, 1.82) is 0 Å². The van der Waals surface area contributed by atoms with Gasteiger partial charge >= 0.3 is 6.03 Å². The summed E-state index contributed by atoms with van der Waals surface area (Å²) in [6, 6.07) is 9.50. The molecule has 0 saturated carbocycles. The zero-order valence-corrected chi connectivity index (χ0v) is 15.7. The largest absolute Gasteiger partial charge is 0.431 e. The molecule has 3 N–H and O–H groups in total. The van der Waals surface area contributed by atoms with Crippen molar-refractivity contribution in [2.75, 3.05) is 18.8 Å². The molecular weight excluding hydrogens is 364 g/mol. The lowest BCUT2D eigenvalue weighted by Crippen LogP contribution is -2.36. The number of aryl methyl sites for hydroxylation is 1. The fourth-order valence-corrected chi connectivity index (χ4v) is 3.65. The van der Waals surface area contributed by atoms with E-state index in [1.165, 1.54) is 17.5 Å². The fourth-order valence-electron chi connectivity index (χ4n) is 2.96. The van der Waals surface area contributed by atoms with Crippen LogP contribution in [-0.4, -0.2) is 39.6 Å². The lowest BCUT2D eigenvalue weighted by atomic mass is 10.3. The van der Waals surface area contributed by atoms with Crippen LogP contribution in [0.4, 0.5) is 4.79 Å². The van der Waals surface area contributed by atoms with Gasteiger partial charge in [-0.2, -0.15) is 5.10 Å². The van der Waals surface area contributed by atoms with Crippen LogP contribution >= 0.6 is 11.8 Å². The molecule has 27 heavy (non-hydrogen) atoms. The number of fused-ring (bicyclic) bond motifs is 2. The normalized spacial score (nSPS) is 13.9. The minimum atomic E-state index is -0.200. The first-order valence-electron chi connectivity index (χ1n) is 9.04. The third kappa shape index (κ3) is 4.61. The summed E-state index contributed by atoms with van der Waals surface area (Å²) in [7, 11) is 0. The molecule has 0 saturated heterocycles. The van der Waals surface area contributed by atoms with Crippen LogP contribution < -0.4 is 16.0 Å². The Morgan fingerprint density at radius 2 is 2.26 bits per heavy atom. The molecule has 2 amide bonds. The summed E-state index contributed by atoms with van der Waals surface area (Å²) in [6.07, 6.45) is 1.07. The first-order valence-corrected chi connectivity index (χ1v) is 10.0. The lowest BCUT2D eigenvalue weighted by Gasteiger charge is -2.05. The standard InChI is InChI=1S/C18H22N6O2S/c25-17(21-11-13-10-14-12-19-6-3-8-24(14)23-13)20-7-9-27-18-22-15-4-1-2-5-16(15)26-18/h1-2,4-5,10,19H,3,6-9,11-12H2,(H2,20,21,25). The number of nitrogens with one attached hydrogen (secondary N) is 3. The molecule has 1 aliphatic rings. The SMILES string of the molecule is O=C(NCCSc1nc2ccccc2o1)NCc1cc2n(n1)CCCNC2. The molecule has 1 aliphatic heterocycles. The molecule has 0 atom stereocenters. The van der Waals surface area contributed by atoms with Gasteiger partial charge in [0, 0.05) is 25.4 Å². The lowest BCUT2D eigenvalue weighted by molar-refractivity contribution is 0.241. The average Bonchev–Trinajstić information content (AvgIpc) is 3.20. The molecule has 9 heteroatoms. The van der Waals surface area contributed by atoms with E-state index in [1.54, 1.807) is 0 Å². The van der Waals surface area contributed by atoms with Crippen molar-refractivity contribution in [2.45, 2.75) is 31.3 Å². The molecular formula is C18H22N6O2S. The highest BCUT2D eigenvalue weighted by atomic mass is 32.2. The third-order valence-corrected chi connectivity index (χ3v) is 5.09. The zero-order chi connectivity index (χ0) is 18.5. The van der Waals surface area contributed by atoms with E-state index in [0.29, 0.717) is 24.1 Å². The number of hydrogen-bond donors (Lipinski definition) is 3. The van der Waals surface area contributed by atoms with Crippen LogP contribution in [0.5, 0.6) is 0 Å². The van der Waals surface area contributed by atoms with Gasteiger partial charge in [-0.1, -0.05) is 23.9 Å². The van der Waals surface area contributed by atoms with Gasteiger partial charge in [0.05, 0.1) is 17.9 Å². The Balaban J connectivity index is 1.17. The first kappa shape index (κ1) is 17.9. The van der Waals surface area contributed by atoms with Crippen LogP contribution in [0, 0.1) is 0 Å². The number of aromatic nitrogens is 3. The van der Waals surface area contributed by atoms with Gasteiger partial charge in [-0.25, -0.2) is 9.78 Å². The number of para-hydroxylation sites is 2. The zero-order valence-electron chi connectivity index (χ0n) is 14.9. The molecule has 3 aromatic rings. The fraction of sp³-hybridized carbons (Fsp3) is 0.389. The maximum atomic E-state index is 11.9. The van der Waals surface area contributed by atoms with Crippen molar-refractivity contribution in [3.05, 3.63) is 41.7 Å². The van der Waals surface area contributed by atoms with Crippen LogP contribution in [0.3, 0.4) is 0 Å².